The SMILES string of the molecule is Cc1cc(S(=O)(=O)N2CCN(CCOC(c3ccccc3)c3ccccc3)CC2)c(Cl)cc1Cl. The normalized spacial score (nSPS) is 15.6. The fourth-order valence-electron chi connectivity index (χ4n) is 4.10. The largest absolute Gasteiger partial charge is 0.367 e. The van der Waals surface area contributed by atoms with Crippen LogP contribution in [0.25, 0.3) is 0 Å². The highest BCUT2D eigenvalue weighted by Crippen LogP contribution is 2.31. The van der Waals surface area contributed by atoms with Crippen molar-refractivity contribution in [1.29, 1.82) is 0 Å². The van der Waals surface area contributed by atoms with Crippen molar-refractivity contribution in [1.82, 2.24) is 9.21 Å². The van der Waals surface area contributed by atoms with E-state index in [1.54, 1.807) is 13.0 Å². The van der Waals surface area contributed by atoms with Crippen LogP contribution in [0.5, 0.6) is 0 Å². The van der Waals surface area contributed by atoms with Gasteiger partial charge in [0.15, 0.2) is 0 Å². The number of halogens is 2. The fraction of sp³-hybridized carbons (Fsp3) is 0.308. The average molecular weight is 519 g/mol. The van der Waals surface area contributed by atoms with Gasteiger partial charge >= 0.3 is 0 Å². The molecule has 0 atom stereocenters. The van der Waals surface area contributed by atoms with Crippen LogP contribution < -0.4 is 0 Å². The van der Waals surface area contributed by atoms with E-state index < -0.39 is 10.0 Å². The number of hydrogen-bond donors (Lipinski definition) is 0. The van der Waals surface area contributed by atoms with Crippen molar-refractivity contribution >= 4 is 33.2 Å². The van der Waals surface area contributed by atoms with Crippen LogP contribution >= 0.6 is 23.2 Å². The fourth-order valence-corrected chi connectivity index (χ4v) is 6.33. The van der Waals surface area contributed by atoms with Crippen LogP contribution in [0.2, 0.25) is 10.0 Å². The molecule has 3 aromatic rings. The van der Waals surface area contributed by atoms with E-state index in [0.29, 0.717) is 43.4 Å². The average Bonchev–Trinajstić information content (AvgIpc) is 2.85. The summed E-state index contributed by atoms with van der Waals surface area (Å²) in [6.45, 7) is 5.12. The molecule has 1 fully saturated rings. The molecule has 3 aromatic carbocycles. The Morgan fingerprint density at radius 3 is 1.97 bits per heavy atom. The summed E-state index contributed by atoms with van der Waals surface area (Å²) in [7, 11) is -3.68. The molecule has 0 aliphatic carbocycles. The van der Waals surface area contributed by atoms with Crippen molar-refractivity contribution in [2.45, 2.75) is 17.9 Å². The maximum absolute atomic E-state index is 13.2. The molecular weight excluding hydrogens is 491 g/mol. The highest BCUT2D eigenvalue weighted by Gasteiger charge is 2.30. The first-order valence-corrected chi connectivity index (χ1v) is 13.5. The van der Waals surface area contributed by atoms with Crippen LogP contribution in [0.3, 0.4) is 0 Å². The van der Waals surface area contributed by atoms with Crippen molar-refractivity contribution in [2.24, 2.45) is 0 Å². The molecule has 0 unspecified atom stereocenters. The van der Waals surface area contributed by atoms with E-state index in [1.165, 1.54) is 10.4 Å². The highest BCUT2D eigenvalue weighted by atomic mass is 35.5. The van der Waals surface area contributed by atoms with Gasteiger partial charge in [-0.3, -0.25) is 4.90 Å². The Hall–Kier alpha value is -1.93. The van der Waals surface area contributed by atoms with Crippen molar-refractivity contribution in [3.8, 4) is 0 Å². The van der Waals surface area contributed by atoms with Gasteiger partial charge in [0.05, 0.1) is 11.6 Å². The minimum atomic E-state index is -3.68. The van der Waals surface area contributed by atoms with Crippen LogP contribution in [0.15, 0.2) is 77.7 Å². The van der Waals surface area contributed by atoms with Gasteiger partial charge in [0.2, 0.25) is 10.0 Å². The topological polar surface area (TPSA) is 49.9 Å². The van der Waals surface area contributed by atoms with Crippen LogP contribution in [-0.2, 0) is 14.8 Å². The second-order valence-electron chi connectivity index (χ2n) is 8.35. The first kappa shape index (κ1) is 25.2. The number of piperazine rings is 1. The number of hydrogen-bond acceptors (Lipinski definition) is 4. The first-order valence-electron chi connectivity index (χ1n) is 11.3. The quantitative estimate of drug-likeness (QED) is 0.399. The molecular formula is C26H28Cl2N2O3S. The number of sulfonamides is 1. The van der Waals surface area contributed by atoms with Gasteiger partial charge in [-0.25, -0.2) is 8.42 Å². The smallest absolute Gasteiger partial charge is 0.244 e. The zero-order valence-electron chi connectivity index (χ0n) is 19.0. The summed E-state index contributed by atoms with van der Waals surface area (Å²) in [5.41, 5.74) is 2.91. The lowest BCUT2D eigenvalue weighted by molar-refractivity contribution is 0.0527. The van der Waals surface area contributed by atoms with Crippen molar-refractivity contribution in [2.75, 3.05) is 39.3 Å². The van der Waals surface area contributed by atoms with E-state index in [1.807, 2.05) is 36.4 Å². The van der Waals surface area contributed by atoms with Gasteiger partial charge in [-0.2, -0.15) is 4.31 Å². The number of nitrogens with zero attached hydrogens (tertiary/aromatic N) is 2. The highest BCUT2D eigenvalue weighted by molar-refractivity contribution is 7.89. The summed E-state index contributed by atoms with van der Waals surface area (Å²) < 4.78 is 34.1. The summed E-state index contributed by atoms with van der Waals surface area (Å²) in [5, 5.41) is 0.609. The predicted octanol–water partition coefficient (Wildman–Crippen LogP) is 5.41. The molecule has 0 amide bonds. The molecule has 4 rings (SSSR count). The van der Waals surface area contributed by atoms with Gasteiger partial charge in [-0.15, -0.1) is 0 Å². The van der Waals surface area contributed by atoms with E-state index in [2.05, 4.69) is 29.2 Å². The Labute approximate surface area is 211 Å². The molecule has 1 aliphatic rings. The Bertz CT molecular complexity index is 1160. The lowest BCUT2D eigenvalue weighted by Gasteiger charge is -2.34. The molecule has 0 N–H and O–H groups in total. The molecule has 5 nitrogen and oxygen atoms in total. The molecule has 0 bridgehead atoms. The zero-order valence-corrected chi connectivity index (χ0v) is 21.4. The Morgan fingerprint density at radius 1 is 0.853 bits per heavy atom. The van der Waals surface area contributed by atoms with Gasteiger partial charge in [-0.05, 0) is 35.7 Å². The third-order valence-corrected chi connectivity index (χ3v) is 8.83. The molecule has 0 spiro atoms. The summed E-state index contributed by atoms with van der Waals surface area (Å²) >= 11 is 12.3. The van der Waals surface area contributed by atoms with E-state index in [9.17, 15) is 8.42 Å². The third kappa shape index (κ3) is 5.82. The predicted molar refractivity (Wildman–Crippen MR) is 137 cm³/mol. The van der Waals surface area contributed by atoms with Gasteiger partial charge < -0.3 is 4.74 Å². The molecule has 34 heavy (non-hydrogen) atoms. The van der Waals surface area contributed by atoms with Crippen LogP contribution in [0.4, 0.5) is 0 Å². The second-order valence-corrected chi connectivity index (χ2v) is 11.1. The minimum Gasteiger partial charge on any atom is -0.367 e. The van der Waals surface area contributed by atoms with Crippen LogP contribution in [0, 0.1) is 6.92 Å². The summed E-state index contributed by atoms with van der Waals surface area (Å²) in [4.78, 5) is 2.34. The zero-order chi connectivity index (χ0) is 24.1. The maximum Gasteiger partial charge on any atom is 0.244 e. The van der Waals surface area contributed by atoms with Crippen molar-refractivity contribution < 1.29 is 13.2 Å². The van der Waals surface area contributed by atoms with Gasteiger partial charge in [0, 0.05) is 37.7 Å². The molecule has 180 valence electrons. The summed E-state index contributed by atoms with van der Waals surface area (Å²) in [6.07, 6.45) is -0.139. The van der Waals surface area contributed by atoms with Crippen LogP contribution in [0.1, 0.15) is 22.8 Å². The van der Waals surface area contributed by atoms with Crippen molar-refractivity contribution in [3.63, 3.8) is 0 Å². The van der Waals surface area contributed by atoms with E-state index >= 15 is 0 Å². The molecule has 8 heteroatoms. The number of aryl methyl sites for hydroxylation is 1. The summed E-state index contributed by atoms with van der Waals surface area (Å²) in [6, 6.07) is 23.4. The molecule has 1 heterocycles. The van der Waals surface area contributed by atoms with E-state index in [0.717, 1.165) is 17.7 Å². The third-order valence-electron chi connectivity index (χ3n) is 6.06. The molecule has 0 radical (unpaired) electrons. The van der Waals surface area contributed by atoms with Gasteiger partial charge in [-0.1, -0.05) is 83.9 Å². The molecule has 1 aliphatic heterocycles. The van der Waals surface area contributed by atoms with E-state index in [4.69, 9.17) is 27.9 Å². The minimum absolute atomic E-state index is 0.112. The Kier molecular flexibility index (Phi) is 8.30. The lowest BCUT2D eigenvalue weighted by Crippen LogP contribution is -2.49. The molecule has 0 aromatic heterocycles. The number of rotatable bonds is 8. The summed E-state index contributed by atoms with van der Waals surface area (Å²) in [5.74, 6) is 0. The van der Waals surface area contributed by atoms with Gasteiger partial charge in [0.25, 0.3) is 0 Å². The van der Waals surface area contributed by atoms with Crippen LogP contribution in [-0.4, -0.2) is 57.0 Å². The molecule has 0 saturated carbocycles. The Morgan fingerprint density at radius 2 is 1.41 bits per heavy atom. The Balaban J connectivity index is 1.35. The number of ether oxygens (including phenoxy) is 1. The maximum atomic E-state index is 13.2. The standard InChI is InChI=1S/C26H28Cl2N2O3S/c1-20-18-25(24(28)19-23(20)27)34(31,32)30-14-12-29(13-15-30)16-17-33-26(21-8-4-2-5-9-21)22-10-6-3-7-11-22/h2-11,18-19,26H,12-17H2,1H3. The lowest BCUT2D eigenvalue weighted by atomic mass is 10.0. The second kappa shape index (κ2) is 11.2. The monoisotopic (exact) mass is 518 g/mol. The molecule has 1 saturated heterocycles. The number of benzene rings is 3. The first-order chi connectivity index (χ1) is 16.4. The van der Waals surface area contributed by atoms with E-state index in [-0.39, 0.29) is 16.0 Å². The van der Waals surface area contributed by atoms with Crippen molar-refractivity contribution in [3.05, 3.63) is 99.5 Å². The van der Waals surface area contributed by atoms with Gasteiger partial charge in [0.1, 0.15) is 11.0 Å².